The van der Waals surface area contributed by atoms with Gasteiger partial charge in [-0.05, 0) is 49.8 Å². The molecule has 1 aliphatic heterocycles. The number of benzene rings is 1. The van der Waals surface area contributed by atoms with E-state index >= 15 is 0 Å². The molecule has 0 spiro atoms. The lowest BCUT2D eigenvalue weighted by Gasteiger charge is -2.29. The molecule has 1 aliphatic carbocycles. The molecule has 6 nitrogen and oxygen atoms in total. The van der Waals surface area contributed by atoms with Gasteiger partial charge in [0.2, 0.25) is 10.0 Å². The van der Waals surface area contributed by atoms with E-state index in [1.807, 2.05) is 0 Å². The van der Waals surface area contributed by atoms with Crippen molar-refractivity contribution >= 4 is 15.9 Å². The zero-order valence-corrected chi connectivity index (χ0v) is 16.1. The summed E-state index contributed by atoms with van der Waals surface area (Å²) in [6.07, 6.45) is 6.19. The van der Waals surface area contributed by atoms with Gasteiger partial charge in [0.25, 0.3) is 5.91 Å². The van der Waals surface area contributed by atoms with Gasteiger partial charge in [-0.3, -0.25) is 4.79 Å². The summed E-state index contributed by atoms with van der Waals surface area (Å²) in [5.74, 6) is 0.243. The van der Waals surface area contributed by atoms with Crippen LogP contribution in [0.1, 0.15) is 55.8 Å². The Morgan fingerprint density at radius 2 is 2.00 bits per heavy atom. The van der Waals surface area contributed by atoms with Crippen molar-refractivity contribution in [1.29, 1.82) is 0 Å². The molecule has 0 bridgehead atoms. The summed E-state index contributed by atoms with van der Waals surface area (Å²) in [6, 6.07) is 6.38. The standard InChI is InChI=1S/C19H28N2O4S/c1-14-6-2-3-10-18(14)21-19(22)15-7-4-9-17(12-15)26(23,24)20-13-16-8-5-11-25-16/h4,7,9,12,14,16,18,20H,2-3,5-6,8,10-11,13H2,1H3,(H,21,22). The summed E-state index contributed by atoms with van der Waals surface area (Å²) in [7, 11) is -3.66. The van der Waals surface area contributed by atoms with E-state index in [1.54, 1.807) is 12.1 Å². The molecule has 2 aliphatic rings. The van der Waals surface area contributed by atoms with Crippen LogP contribution in [0.15, 0.2) is 29.2 Å². The van der Waals surface area contributed by atoms with Crippen LogP contribution in [0, 0.1) is 5.92 Å². The summed E-state index contributed by atoms with van der Waals surface area (Å²) in [4.78, 5) is 12.7. The molecule has 2 N–H and O–H groups in total. The molecule has 1 heterocycles. The number of rotatable bonds is 6. The van der Waals surface area contributed by atoms with Crippen LogP contribution in [0.2, 0.25) is 0 Å². The first-order chi connectivity index (χ1) is 12.5. The van der Waals surface area contributed by atoms with Gasteiger partial charge in [-0.1, -0.05) is 25.8 Å². The first-order valence-electron chi connectivity index (χ1n) is 9.48. The van der Waals surface area contributed by atoms with E-state index < -0.39 is 10.0 Å². The Labute approximate surface area is 155 Å². The molecule has 3 rings (SSSR count). The molecule has 26 heavy (non-hydrogen) atoms. The first kappa shape index (κ1) is 19.3. The molecule has 1 saturated carbocycles. The third-order valence-corrected chi connectivity index (χ3v) is 6.78. The third kappa shape index (κ3) is 4.84. The number of carbonyl (C=O) groups excluding carboxylic acids is 1. The summed E-state index contributed by atoms with van der Waals surface area (Å²) in [5, 5.41) is 3.07. The fraction of sp³-hybridized carbons (Fsp3) is 0.632. The Morgan fingerprint density at radius 1 is 1.19 bits per heavy atom. The third-order valence-electron chi connectivity index (χ3n) is 5.36. The molecule has 144 valence electrons. The Kier molecular flexibility index (Phi) is 6.32. The van der Waals surface area contributed by atoms with Crippen LogP contribution in [-0.4, -0.2) is 39.6 Å². The molecule has 1 saturated heterocycles. The lowest BCUT2D eigenvalue weighted by molar-refractivity contribution is 0.0910. The van der Waals surface area contributed by atoms with Crippen LogP contribution >= 0.6 is 0 Å². The minimum absolute atomic E-state index is 0.0657. The Morgan fingerprint density at radius 3 is 2.73 bits per heavy atom. The van der Waals surface area contributed by atoms with Crippen LogP contribution in [0.25, 0.3) is 0 Å². The fourth-order valence-electron chi connectivity index (χ4n) is 3.68. The number of ether oxygens (including phenoxy) is 1. The monoisotopic (exact) mass is 380 g/mol. The molecular weight excluding hydrogens is 352 g/mol. The van der Waals surface area contributed by atoms with Gasteiger partial charge in [-0.25, -0.2) is 13.1 Å². The SMILES string of the molecule is CC1CCCCC1NC(=O)c1cccc(S(=O)(=O)NCC2CCCO2)c1. The van der Waals surface area contributed by atoms with Gasteiger partial charge in [0.05, 0.1) is 11.0 Å². The highest BCUT2D eigenvalue weighted by atomic mass is 32.2. The van der Waals surface area contributed by atoms with Gasteiger partial charge in [0, 0.05) is 24.8 Å². The minimum Gasteiger partial charge on any atom is -0.377 e. The molecule has 1 aromatic carbocycles. The average molecular weight is 381 g/mol. The van der Waals surface area contributed by atoms with Crippen LogP contribution in [0.4, 0.5) is 0 Å². The van der Waals surface area contributed by atoms with E-state index in [0.29, 0.717) is 18.1 Å². The Hall–Kier alpha value is -1.44. The predicted octanol–water partition coefficient (Wildman–Crippen LogP) is 2.45. The van der Waals surface area contributed by atoms with Gasteiger partial charge in [0.15, 0.2) is 0 Å². The van der Waals surface area contributed by atoms with Gasteiger partial charge < -0.3 is 10.1 Å². The topological polar surface area (TPSA) is 84.5 Å². The number of hydrogen-bond donors (Lipinski definition) is 2. The number of nitrogens with one attached hydrogen (secondary N) is 2. The van der Waals surface area contributed by atoms with Crippen LogP contribution in [0.3, 0.4) is 0 Å². The zero-order chi connectivity index (χ0) is 18.6. The highest BCUT2D eigenvalue weighted by molar-refractivity contribution is 7.89. The Bertz CT molecular complexity index is 729. The molecule has 2 fully saturated rings. The van der Waals surface area contributed by atoms with Crippen molar-refractivity contribution in [3.05, 3.63) is 29.8 Å². The highest BCUT2D eigenvalue weighted by Crippen LogP contribution is 2.24. The first-order valence-corrected chi connectivity index (χ1v) is 11.0. The van der Waals surface area contributed by atoms with Gasteiger partial charge in [-0.2, -0.15) is 0 Å². The maximum Gasteiger partial charge on any atom is 0.251 e. The van der Waals surface area contributed by atoms with Crippen LogP contribution in [0.5, 0.6) is 0 Å². The second kappa shape index (κ2) is 8.50. The van der Waals surface area contributed by atoms with Crippen LogP contribution in [-0.2, 0) is 14.8 Å². The van der Waals surface area contributed by atoms with E-state index in [1.165, 1.54) is 18.6 Å². The smallest absolute Gasteiger partial charge is 0.251 e. The second-order valence-corrected chi connectivity index (χ2v) is 9.12. The number of hydrogen-bond acceptors (Lipinski definition) is 4. The summed E-state index contributed by atoms with van der Waals surface area (Å²) >= 11 is 0. The average Bonchev–Trinajstić information content (AvgIpc) is 3.16. The number of amides is 1. The molecule has 1 amide bonds. The maximum absolute atomic E-state index is 12.6. The molecule has 7 heteroatoms. The lowest BCUT2D eigenvalue weighted by atomic mass is 9.86. The van der Waals surface area contributed by atoms with E-state index in [9.17, 15) is 13.2 Å². The van der Waals surface area contributed by atoms with Crippen molar-refractivity contribution in [2.75, 3.05) is 13.2 Å². The van der Waals surface area contributed by atoms with Crippen molar-refractivity contribution in [1.82, 2.24) is 10.0 Å². The van der Waals surface area contributed by atoms with Crippen molar-refractivity contribution < 1.29 is 17.9 Å². The molecule has 0 radical (unpaired) electrons. The minimum atomic E-state index is -3.66. The lowest BCUT2D eigenvalue weighted by Crippen LogP contribution is -2.41. The normalized spacial score (nSPS) is 26.6. The van der Waals surface area contributed by atoms with Crippen molar-refractivity contribution in [3.63, 3.8) is 0 Å². The van der Waals surface area contributed by atoms with E-state index in [2.05, 4.69) is 17.0 Å². The summed E-state index contributed by atoms with van der Waals surface area (Å²) in [5.41, 5.74) is 0.378. The van der Waals surface area contributed by atoms with Crippen molar-refractivity contribution in [3.8, 4) is 0 Å². The number of sulfonamides is 1. The van der Waals surface area contributed by atoms with E-state index in [4.69, 9.17) is 4.74 Å². The summed E-state index contributed by atoms with van der Waals surface area (Å²) in [6.45, 7) is 3.10. The van der Waals surface area contributed by atoms with Crippen LogP contribution < -0.4 is 10.0 Å². The zero-order valence-electron chi connectivity index (χ0n) is 15.2. The molecule has 3 unspecified atom stereocenters. The van der Waals surface area contributed by atoms with E-state index in [-0.39, 0.29) is 29.5 Å². The van der Waals surface area contributed by atoms with Crippen molar-refractivity contribution in [2.45, 2.75) is 62.5 Å². The largest absolute Gasteiger partial charge is 0.377 e. The van der Waals surface area contributed by atoms with Crippen molar-refractivity contribution in [2.24, 2.45) is 5.92 Å². The molecule has 1 aromatic rings. The predicted molar refractivity (Wildman–Crippen MR) is 99.5 cm³/mol. The molecule has 3 atom stereocenters. The maximum atomic E-state index is 12.6. The van der Waals surface area contributed by atoms with Gasteiger partial charge in [0.1, 0.15) is 0 Å². The highest BCUT2D eigenvalue weighted by Gasteiger charge is 2.24. The summed E-state index contributed by atoms with van der Waals surface area (Å²) < 4.78 is 33.1. The van der Waals surface area contributed by atoms with Gasteiger partial charge >= 0.3 is 0 Å². The van der Waals surface area contributed by atoms with Gasteiger partial charge in [-0.15, -0.1) is 0 Å². The van der Waals surface area contributed by atoms with E-state index in [0.717, 1.165) is 32.1 Å². The number of carbonyl (C=O) groups is 1. The second-order valence-electron chi connectivity index (χ2n) is 7.36. The molecular formula is C19H28N2O4S. The quantitative estimate of drug-likeness (QED) is 0.794. The fourth-order valence-corrected chi connectivity index (χ4v) is 4.79. The Balaban J connectivity index is 1.65. The molecule has 0 aromatic heterocycles.